The highest BCUT2D eigenvalue weighted by Gasteiger charge is 2.31. The van der Waals surface area contributed by atoms with E-state index in [0.717, 1.165) is 50.5 Å². The van der Waals surface area contributed by atoms with Crippen molar-refractivity contribution in [3.63, 3.8) is 0 Å². The number of hydrogen-bond acceptors (Lipinski definition) is 6. The van der Waals surface area contributed by atoms with Crippen molar-refractivity contribution in [3.05, 3.63) is 24.3 Å². The molecule has 158 valence electrons. The van der Waals surface area contributed by atoms with Gasteiger partial charge >= 0.3 is 0 Å². The number of hydrogen-bond donors (Lipinski definition) is 1. The van der Waals surface area contributed by atoms with Crippen LogP contribution in [0.3, 0.4) is 0 Å². The van der Waals surface area contributed by atoms with E-state index < -0.39 is 10.0 Å². The summed E-state index contributed by atoms with van der Waals surface area (Å²) in [5.74, 6) is -0.180. The van der Waals surface area contributed by atoms with Crippen molar-refractivity contribution < 1.29 is 22.7 Å². The van der Waals surface area contributed by atoms with E-state index in [1.165, 1.54) is 24.3 Å². The third kappa shape index (κ3) is 4.53. The zero-order chi connectivity index (χ0) is 20.4. The smallest absolute Gasteiger partial charge is 0.240 e. The molecule has 9 heteroatoms. The maximum Gasteiger partial charge on any atom is 0.240 e. The molecule has 0 radical (unpaired) electrons. The summed E-state index contributed by atoms with van der Waals surface area (Å²) >= 11 is 0. The van der Waals surface area contributed by atoms with Crippen molar-refractivity contribution in [3.8, 4) is 0 Å². The second-order valence-electron chi connectivity index (χ2n) is 7.97. The Balaban J connectivity index is 1.31. The van der Waals surface area contributed by atoms with Crippen LogP contribution in [0.5, 0.6) is 0 Å². The summed E-state index contributed by atoms with van der Waals surface area (Å²) in [4.78, 5) is 27.3. The fraction of sp³-hybridized carbons (Fsp3) is 0.600. The number of nitrogens with zero attached hydrogens (tertiary/aromatic N) is 2. The molecule has 1 aromatic carbocycles. The van der Waals surface area contributed by atoms with Gasteiger partial charge in [-0.1, -0.05) is 0 Å². The second kappa shape index (κ2) is 8.51. The van der Waals surface area contributed by atoms with E-state index >= 15 is 0 Å². The first-order chi connectivity index (χ1) is 13.9. The van der Waals surface area contributed by atoms with Crippen LogP contribution >= 0.6 is 0 Å². The van der Waals surface area contributed by atoms with Gasteiger partial charge in [0.1, 0.15) is 0 Å². The number of amides is 2. The molecule has 3 aliphatic rings. The molecule has 0 aliphatic carbocycles. The van der Waals surface area contributed by atoms with E-state index in [1.807, 2.05) is 0 Å². The molecule has 0 bridgehead atoms. The quantitative estimate of drug-likeness (QED) is 0.692. The number of nitrogens with one attached hydrogen (secondary N) is 1. The average Bonchev–Trinajstić information content (AvgIpc) is 3.37. The van der Waals surface area contributed by atoms with Crippen molar-refractivity contribution in [1.29, 1.82) is 0 Å². The SMILES string of the molecule is O=C1CCC(=O)N1c1ccc(S(=O)(=O)NCC2CCN([C@H]3CCOC3)CC2)cc1. The van der Waals surface area contributed by atoms with Gasteiger partial charge in [-0.05, 0) is 62.5 Å². The Morgan fingerprint density at radius 1 is 1.00 bits per heavy atom. The van der Waals surface area contributed by atoms with Crippen LogP contribution in [-0.2, 0) is 24.3 Å². The van der Waals surface area contributed by atoms with Crippen molar-refractivity contribution in [2.75, 3.05) is 37.7 Å². The van der Waals surface area contributed by atoms with Crippen LogP contribution in [0.25, 0.3) is 0 Å². The van der Waals surface area contributed by atoms with Gasteiger partial charge in [0.25, 0.3) is 0 Å². The minimum atomic E-state index is -3.63. The van der Waals surface area contributed by atoms with Crippen molar-refractivity contribution in [1.82, 2.24) is 9.62 Å². The van der Waals surface area contributed by atoms with E-state index in [0.29, 0.717) is 24.2 Å². The van der Waals surface area contributed by atoms with Crippen LogP contribution in [0.2, 0.25) is 0 Å². The molecule has 0 saturated carbocycles. The van der Waals surface area contributed by atoms with Gasteiger partial charge in [-0.2, -0.15) is 0 Å². The number of benzene rings is 1. The lowest BCUT2D eigenvalue weighted by Gasteiger charge is -2.35. The van der Waals surface area contributed by atoms with E-state index in [1.54, 1.807) is 0 Å². The van der Waals surface area contributed by atoms with E-state index in [2.05, 4.69) is 9.62 Å². The Bertz CT molecular complexity index is 841. The summed E-state index contributed by atoms with van der Waals surface area (Å²) in [6.07, 6.45) is 3.43. The number of carbonyl (C=O) groups is 2. The highest BCUT2D eigenvalue weighted by Crippen LogP contribution is 2.25. The first kappa shape index (κ1) is 20.5. The molecular formula is C20H27N3O5S. The fourth-order valence-corrected chi connectivity index (χ4v) is 5.40. The lowest BCUT2D eigenvalue weighted by atomic mass is 9.96. The Morgan fingerprint density at radius 2 is 1.66 bits per heavy atom. The highest BCUT2D eigenvalue weighted by molar-refractivity contribution is 7.89. The molecule has 0 unspecified atom stereocenters. The van der Waals surface area contributed by atoms with Crippen LogP contribution in [0.4, 0.5) is 5.69 Å². The van der Waals surface area contributed by atoms with Gasteiger partial charge in [0.15, 0.2) is 0 Å². The maximum absolute atomic E-state index is 12.6. The van der Waals surface area contributed by atoms with Gasteiger partial charge in [0.2, 0.25) is 21.8 Å². The van der Waals surface area contributed by atoms with Gasteiger partial charge in [-0.3, -0.25) is 19.4 Å². The van der Waals surface area contributed by atoms with Crippen LogP contribution in [0, 0.1) is 5.92 Å². The topological polar surface area (TPSA) is 96.0 Å². The minimum absolute atomic E-state index is 0.140. The predicted octanol–water partition coefficient (Wildman–Crippen LogP) is 1.12. The number of ether oxygens (including phenoxy) is 1. The van der Waals surface area contributed by atoms with E-state index in [4.69, 9.17) is 4.74 Å². The largest absolute Gasteiger partial charge is 0.380 e. The van der Waals surface area contributed by atoms with E-state index in [9.17, 15) is 18.0 Å². The fourth-order valence-electron chi connectivity index (χ4n) is 4.28. The molecule has 29 heavy (non-hydrogen) atoms. The normalized spacial score (nSPS) is 24.6. The number of rotatable bonds is 6. The van der Waals surface area contributed by atoms with Crippen LogP contribution in [-0.4, -0.2) is 64.0 Å². The number of imide groups is 1. The second-order valence-corrected chi connectivity index (χ2v) is 9.73. The zero-order valence-corrected chi connectivity index (χ0v) is 17.2. The van der Waals surface area contributed by atoms with Crippen molar-refractivity contribution >= 4 is 27.5 Å². The monoisotopic (exact) mass is 421 g/mol. The molecule has 1 atom stereocenters. The van der Waals surface area contributed by atoms with Gasteiger partial charge < -0.3 is 4.74 Å². The molecule has 1 aromatic rings. The molecule has 3 aliphatic heterocycles. The van der Waals surface area contributed by atoms with Gasteiger partial charge in [0, 0.05) is 32.0 Å². The number of anilines is 1. The first-order valence-corrected chi connectivity index (χ1v) is 11.7. The van der Waals surface area contributed by atoms with Gasteiger partial charge in [-0.25, -0.2) is 13.1 Å². The molecular weight excluding hydrogens is 394 g/mol. The molecule has 4 rings (SSSR count). The number of sulfonamides is 1. The molecule has 3 heterocycles. The summed E-state index contributed by atoms with van der Waals surface area (Å²) in [5, 5.41) is 0. The Kier molecular flexibility index (Phi) is 6.00. The molecule has 3 saturated heterocycles. The summed E-state index contributed by atoms with van der Waals surface area (Å²) in [6, 6.07) is 6.43. The van der Waals surface area contributed by atoms with Crippen LogP contribution in [0.15, 0.2) is 29.2 Å². The number of piperidine rings is 1. The summed E-state index contributed by atoms with van der Waals surface area (Å²) in [7, 11) is -3.63. The zero-order valence-electron chi connectivity index (χ0n) is 16.4. The lowest BCUT2D eigenvalue weighted by Crippen LogP contribution is -2.43. The van der Waals surface area contributed by atoms with Crippen LogP contribution in [0.1, 0.15) is 32.1 Å². The first-order valence-electron chi connectivity index (χ1n) is 10.2. The van der Waals surface area contributed by atoms with Gasteiger partial charge in [-0.15, -0.1) is 0 Å². The maximum atomic E-state index is 12.6. The molecule has 3 fully saturated rings. The molecule has 8 nitrogen and oxygen atoms in total. The third-order valence-electron chi connectivity index (χ3n) is 6.09. The lowest BCUT2D eigenvalue weighted by molar-refractivity contribution is -0.121. The standard InChI is InChI=1S/C20H27N3O5S/c24-19-5-6-20(25)23(19)16-1-3-18(4-2-16)29(26,27)21-13-15-7-10-22(11-8-15)17-9-12-28-14-17/h1-4,15,17,21H,5-14H2/t17-/m0/s1. The van der Waals surface area contributed by atoms with E-state index in [-0.39, 0.29) is 29.6 Å². The van der Waals surface area contributed by atoms with Crippen molar-refractivity contribution in [2.45, 2.75) is 43.0 Å². The Hall–Kier alpha value is -1.81. The third-order valence-corrected chi connectivity index (χ3v) is 7.53. The van der Waals surface area contributed by atoms with Gasteiger partial charge in [0.05, 0.1) is 17.2 Å². The molecule has 0 spiro atoms. The highest BCUT2D eigenvalue weighted by atomic mass is 32.2. The Labute approximate surface area is 171 Å². The minimum Gasteiger partial charge on any atom is -0.380 e. The van der Waals surface area contributed by atoms with Crippen molar-refractivity contribution in [2.24, 2.45) is 5.92 Å². The average molecular weight is 422 g/mol. The Morgan fingerprint density at radius 3 is 2.24 bits per heavy atom. The summed E-state index contributed by atoms with van der Waals surface area (Å²) in [6.45, 7) is 4.02. The number of likely N-dealkylation sites (tertiary alicyclic amines) is 1. The van der Waals surface area contributed by atoms with Crippen LogP contribution < -0.4 is 9.62 Å². The predicted molar refractivity (Wildman–Crippen MR) is 107 cm³/mol. The summed E-state index contributed by atoms with van der Waals surface area (Å²) < 4.78 is 33.4. The molecule has 0 aromatic heterocycles. The summed E-state index contributed by atoms with van der Waals surface area (Å²) in [5.41, 5.74) is 0.416. The molecule has 2 amide bonds. The number of carbonyl (C=O) groups excluding carboxylic acids is 2. The molecule has 1 N–H and O–H groups in total.